The molecule has 1 fully saturated rings. The Balaban J connectivity index is 0.00000264. The molecule has 1 atom stereocenters. The zero-order chi connectivity index (χ0) is 15.8. The Hall–Kier alpha value is -1.02. The number of hydrogen-bond acceptors (Lipinski definition) is 3. The van der Waals surface area contributed by atoms with E-state index in [4.69, 9.17) is 4.74 Å². The first kappa shape index (κ1) is 20.0. The summed E-state index contributed by atoms with van der Waals surface area (Å²) >= 11 is 0. The van der Waals surface area contributed by atoms with Crippen LogP contribution >= 0.6 is 24.0 Å². The van der Waals surface area contributed by atoms with Crippen molar-refractivity contribution in [3.63, 3.8) is 0 Å². The van der Waals surface area contributed by atoms with Crippen molar-refractivity contribution < 1.29 is 4.74 Å². The molecule has 0 saturated carbocycles. The van der Waals surface area contributed by atoms with E-state index in [0.29, 0.717) is 0 Å². The van der Waals surface area contributed by atoms with E-state index in [1.165, 1.54) is 25.1 Å². The Kier molecular flexibility index (Phi) is 9.31. The molecule has 23 heavy (non-hydrogen) atoms. The molecule has 0 amide bonds. The normalized spacial score (nSPS) is 18.4. The zero-order valence-corrected chi connectivity index (χ0v) is 16.7. The van der Waals surface area contributed by atoms with Crippen molar-refractivity contribution in [1.82, 2.24) is 15.5 Å². The maximum Gasteiger partial charge on any atom is 0.191 e. The zero-order valence-electron chi connectivity index (χ0n) is 14.3. The molecular formula is C17H29IN4O. The molecular weight excluding hydrogens is 403 g/mol. The van der Waals surface area contributed by atoms with E-state index in [1.54, 1.807) is 7.11 Å². The second-order valence-corrected chi connectivity index (χ2v) is 5.70. The molecule has 0 radical (unpaired) electrons. The van der Waals surface area contributed by atoms with Crippen molar-refractivity contribution in [1.29, 1.82) is 0 Å². The lowest BCUT2D eigenvalue weighted by molar-refractivity contribution is 0.342. The Labute approximate surface area is 156 Å². The maximum atomic E-state index is 5.17. The summed E-state index contributed by atoms with van der Waals surface area (Å²) in [6, 6.07) is 8.08. The highest BCUT2D eigenvalue weighted by Gasteiger charge is 2.20. The van der Waals surface area contributed by atoms with Gasteiger partial charge in [-0.25, -0.2) is 0 Å². The van der Waals surface area contributed by atoms with Gasteiger partial charge in [0.25, 0.3) is 0 Å². The van der Waals surface area contributed by atoms with Crippen molar-refractivity contribution in [2.75, 3.05) is 40.3 Å². The van der Waals surface area contributed by atoms with Crippen LogP contribution in [0.5, 0.6) is 5.75 Å². The van der Waals surface area contributed by atoms with Gasteiger partial charge >= 0.3 is 0 Å². The van der Waals surface area contributed by atoms with Gasteiger partial charge in [-0.15, -0.1) is 24.0 Å². The van der Waals surface area contributed by atoms with E-state index in [1.807, 2.05) is 19.2 Å². The van der Waals surface area contributed by atoms with Gasteiger partial charge in [-0.05, 0) is 43.1 Å². The molecule has 0 bridgehead atoms. The van der Waals surface area contributed by atoms with Gasteiger partial charge in [0.15, 0.2) is 5.96 Å². The van der Waals surface area contributed by atoms with Crippen LogP contribution in [0.2, 0.25) is 0 Å². The first-order valence-corrected chi connectivity index (χ1v) is 8.05. The minimum atomic E-state index is 0. The van der Waals surface area contributed by atoms with Gasteiger partial charge in [-0.1, -0.05) is 19.1 Å². The molecule has 1 saturated heterocycles. The van der Waals surface area contributed by atoms with Crippen molar-refractivity contribution in [3.8, 4) is 5.75 Å². The number of nitrogens with one attached hydrogen (secondary N) is 2. The second-order valence-electron chi connectivity index (χ2n) is 5.70. The SMILES string of the molecule is CCN1CCC(CNC(=NC)NCc2ccc(OC)cc2)C1.I. The average Bonchev–Trinajstić information content (AvgIpc) is 3.03. The predicted octanol–water partition coefficient (Wildman–Crippen LogP) is 2.32. The number of aliphatic imine (C=N–C) groups is 1. The smallest absolute Gasteiger partial charge is 0.191 e. The largest absolute Gasteiger partial charge is 0.497 e. The molecule has 2 N–H and O–H groups in total. The number of likely N-dealkylation sites (tertiary alicyclic amines) is 1. The van der Waals surface area contributed by atoms with Crippen LogP contribution in [0.15, 0.2) is 29.3 Å². The molecule has 1 heterocycles. The molecule has 6 heteroatoms. The maximum absolute atomic E-state index is 5.17. The van der Waals surface area contributed by atoms with Gasteiger partial charge in [-0.3, -0.25) is 4.99 Å². The number of nitrogens with zero attached hydrogens (tertiary/aromatic N) is 2. The number of halogens is 1. The fourth-order valence-corrected chi connectivity index (χ4v) is 2.76. The standard InChI is InChI=1S/C17H28N4O.HI/c1-4-21-10-9-15(13-21)12-20-17(18-2)19-11-14-5-7-16(22-3)8-6-14;/h5-8,15H,4,9-13H2,1-3H3,(H2,18,19,20);1H. The summed E-state index contributed by atoms with van der Waals surface area (Å²) in [7, 11) is 3.50. The molecule has 2 rings (SSSR count). The summed E-state index contributed by atoms with van der Waals surface area (Å²) in [5.41, 5.74) is 1.21. The predicted molar refractivity (Wildman–Crippen MR) is 107 cm³/mol. The van der Waals surface area contributed by atoms with Crippen molar-refractivity contribution in [3.05, 3.63) is 29.8 Å². The third-order valence-corrected chi connectivity index (χ3v) is 4.22. The van der Waals surface area contributed by atoms with Crippen molar-refractivity contribution in [2.24, 2.45) is 10.9 Å². The highest BCUT2D eigenvalue weighted by Crippen LogP contribution is 2.14. The lowest BCUT2D eigenvalue weighted by Gasteiger charge is -2.16. The second kappa shape index (κ2) is 10.7. The highest BCUT2D eigenvalue weighted by molar-refractivity contribution is 14.0. The molecule has 5 nitrogen and oxygen atoms in total. The summed E-state index contributed by atoms with van der Waals surface area (Å²) in [5.74, 6) is 2.47. The first-order valence-electron chi connectivity index (χ1n) is 8.05. The molecule has 0 spiro atoms. The Morgan fingerprint density at radius 3 is 2.61 bits per heavy atom. The molecule has 1 aromatic carbocycles. The number of methoxy groups -OCH3 is 1. The molecule has 130 valence electrons. The number of ether oxygens (including phenoxy) is 1. The van der Waals surface area contributed by atoms with Gasteiger partial charge in [0.05, 0.1) is 7.11 Å². The van der Waals surface area contributed by atoms with E-state index < -0.39 is 0 Å². The minimum absolute atomic E-state index is 0. The monoisotopic (exact) mass is 432 g/mol. The summed E-state index contributed by atoms with van der Waals surface area (Å²) in [5, 5.41) is 6.79. The van der Waals surface area contributed by atoms with Crippen LogP contribution in [-0.2, 0) is 6.54 Å². The van der Waals surface area contributed by atoms with Crippen LogP contribution in [0.4, 0.5) is 0 Å². The van der Waals surface area contributed by atoms with Crippen LogP contribution in [0, 0.1) is 5.92 Å². The molecule has 1 unspecified atom stereocenters. The Morgan fingerprint density at radius 2 is 2.04 bits per heavy atom. The number of guanidine groups is 1. The molecule has 0 aliphatic carbocycles. The van der Waals surface area contributed by atoms with Gasteiger partial charge in [0.2, 0.25) is 0 Å². The quantitative estimate of drug-likeness (QED) is 0.412. The topological polar surface area (TPSA) is 48.9 Å². The van der Waals surface area contributed by atoms with Gasteiger partial charge in [-0.2, -0.15) is 0 Å². The van der Waals surface area contributed by atoms with Gasteiger partial charge < -0.3 is 20.3 Å². The third-order valence-electron chi connectivity index (χ3n) is 4.22. The fraction of sp³-hybridized carbons (Fsp3) is 0.588. The molecule has 1 aliphatic heterocycles. The van der Waals surface area contributed by atoms with E-state index in [9.17, 15) is 0 Å². The number of rotatable bonds is 6. The van der Waals surface area contributed by atoms with E-state index in [-0.39, 0.29) is 24.0 Å². The van der Waals surface area contributed by atoms with E-state index in [0.717, 1.165) is 37.3 Å². The van der Waals surface area contributed by atoms with Crippen molar-refractivity contribution >= 4 is 29.9 Å². The van der Waals surface area contributed by atoms with Crippen LogP contribution in [-0.4, -0.2) is 51.2 Å². The Bertz CT molecular complexity index is 478. The van der Waals surface area contributed by atoms with Crippen LogP contribution < -0.4 is 15.4 Å². The van der Waals surface area contributed by atoms with E-state index in [2.05, 4.69) is 39.6 Å². The summed E-state index contributed by atoms with van der Waals surface area (Å²) in [4.78, 5) is 6.79. The van der Waals surface area contributed by atoms with Crippen LogP contribution in [0.25, 0.3) is 0 Å². The van der Waals surface area contributed by atoms with Crippen LogP contribution in [0.1, 0.15) is 18.9 Å². The van der Waals surface area contributed by atoms with Gasteiger partial charge in [0.1, 0.15) is 5.75 Å². The highest BCUT2D eigenvalue weighted by atomic mass is 127. The third kappa shape index (κ3) is 6.55. The summed E-state index contributed by atoms with van der Waals surface area (Å²) < 4.78 is 5.17. The Morgan fingerprint density at radius 1 is 1.30 bits per heavy atom. The molecule has 1 aromatic rings. The van der Waals surface area contributed by atoms with Crippen LogP contribution in [0.3, 0.4) is 0 Å². The minimum Gasteiger partial charge on any atom is -0.497 e. The molecule has 1 aliphatic rings. The lowest BCUT2D eigenvalue weighted by Crippen LogP contribution is -2.39. The summed E-state index contributed by atoms with van der Waals surface area (Å²) in [6.45, 7) is 7.54. The van der Waals surface area contributed by atoms with Crippen molar-refractivity contribution in [2.45, 2.75) is 19.9 Å². The first-order chi connectivity index (χ1) is 10.7. The van der Waals surface area contributed by atoms with E-state index >= 15 is 0 Å². The average molecular weight is 432 g/mol. The van der Waals surface area contributed by atoms with Gasteiger partial charge in [0, 0.05) is 26.7 Å². The summed E-state index contributed by atoms with van der Waals surface area (Å²) in [6.07, 6.45) is 1.27. The lowest BCUT2D eigenvalue weighted by atomic mass is 10.1. The number of hydrogen-bond donors (Lipinski definition) is 2. The fourth-order valence-electron chi connectivity index (χ4n) is 2.76. The molecule has 0 aromatic heterocycles. The number of benzene rings is 1.